The zero-order valence-corrected chi connectivity index (χ0v) is 11.3. The van der Waals surface area contributed by atoms with Crippen LogP contribution in [0.5, 0.6) is 0 Å². The highest BCUT2D eigenvalue weighted by Crippen LogP contribution is 2.12. The highest BCUT2D eigenvalue weighted by molar-refractivity contribution is 5.78. The van der Waals surface area contributed by atoms with Crippen molar-refractivity contribution in [2.75, 3.05) is 7.05 Å². The zero-order valence-electron chi connectivity index (χ0n) is 11.3. The van der Waals surface area contributed by atoms with Crippen molar-refractivity contribution in [3.05, 3.63) is 0 Å². The fourth-order valence-electron chi connectivity index (χ4n) is 1.50. The minimum Gasteiger partial charge on any atom is -0.444 e. The van der Waals surface area contributed by atoms with Gasteiger partial charge in [0.25, 0.3) is 0 Å². The predicted molar refractivity (Wildman–Crippen MR) is 67.1 cm³/mol. The van der Waals surface area contributed by atoms with Gasteiger partial charge in [0.05, 0.1) is 5.54 Å². The van der Waals surface area contributed by atoms with E-state index in [1.807, 2.05) is 27.7 Å². The molecule has 0 saturated carbocycles. The fourth-order valence-corrected chi connectivity index (χ4v) is 1.50. The third-order valence-corrected chi connectivity index (χ3v) is 1.97. The van der Waals surface area contributed by atoms with E-state index < -0.39 is 17.2 Å². The molecule has 0 heterocycles. The third kappa shape index (κ3) is 6.43. The standard InChI is InChI=1S/C12H24N2O2/c1-7-8-12(5,9-13-6)14-10(15)16-11(2,3)4/h9H,7-8H2,1-6H3,(H,14,15). The second kappa shape index (κ2) is 5.87. The van der Waals surface area contributed by atoms with Crippen LogP contribution in [-0.2, 0) is 4.74 Å². The van der Waals surface area contributed by atoms with Crippen molar-refractivity contribution in [2.45, 2.75) is 58.6 Å². The Morgan fingerprint density at radius 2 is 1.94 bits per heavy atom. The number of carbonyl (C=O) groups is 1. The van der Waals surface area contributed by atoms with Gasteiger partial charge in [-0.2, -0.15) is 0 Å². The van der Waals surface area contributed by atoms with Crippen LogP contribution in [0.2, 0.25) is 0 Å². The van der Waals surface area contributed by atoms with Gasteiger partial charge in [0.2, 0.25) is 0 Å². The SMILES string of the molecule is CCCC(C)(C=NC)NC(=O)OC(C)(C)C. The van der Waals surface area contributed by atoms with Gasteiger partial charge in [-0.3, -0.25) is 4.99 Å². The number of rotatable bonds is 4. The van der Waals surface area contributed by atoms with Gasteiger partial charge in [0.15, 0.2) is 0 Å². The molecular weight excluding hydrogens is 204 g/mol. The lowest BCUT2D eigenvalue weighted by Crippen LogP contribution is -2.49. The normalized spacial score (nSPS) is 15.9. The highest BCUT2D eigenvalue weighted by Gasteiger charge is 2.26. The maximum absolute atomic E-state index is 11.6. The maximum atomic E-state index is 11.6. The number of amides is 1. The van der Waals surface area contributed by atoms with Gasteiger partial charge >= 0.3 is 6.09 Å². The van der Waals surface area contributed by atoms with Crippen LogP contribution in [0.4, 0.5) is 4.79 Å². The summed E-state index contributed by atoms with van der Waals surface area (Å²) in [5.41, 5.74) is -0.896. The summed E-state index contributed by atoms with van der Waals surface area (Å²) in [6.45, 7) is 9.54. The van der Waals surface area contributed by atoms with E-state index in [-0.39, 0.29) is 0 Å². The molecule has 0 aromatic carbocycles. The number of nitrogens with one attached hydrogen (secondary N) is 1. The van der Waals surface area contributed by atoms with E-state index in [2.05, 4.69) is 17.2 Å². The van der Waals surface area contributed by atoms with Crippen molar-refractivity contribution in [3.8, 4) is 0 Å². The first kappa shape index (κ1) is 14.9. The van der Waals surface area contributed by atoms with Crippen LogP contribution in [0.1, 0.15) is 47.5 Å². The van der Waals surface area contributed by atoms with Crippen molar-refractivity contribution in [1.29, 1.82) is 0 Å². The molecule has 0 aliphatic heterocycles. The fraction of sp³-hybridized carbons (Fsp3) is 0.833. The lowest BCUT2D eigenvalue weighted by molar-refractivity contribution is 0.0490. The molecule has 0 aliphatic carbocycles. The monoisotopic (exact) mass is 228 g/mol. The van der Waals surface area contributed by atoms with E-state index in [4.69, 9.17) is 4.74 Å². The van der Waals surface area contributed by atoms with Gasteiger partial charge in [-0.05, 0) is 34.1 Å². The molecule has 4 nitrogen and oxygen atoms in total. The molecule has 0 bridgehead atoms. The van der Waals surface area contributed by atoms with Gasteiger partial charge < -0.3 is 10.1 Å². The number of nitrogens with zero attached hydrogens (tertiary/aromatic N) is 1. The molecule has 0 fully saturated rings. The molecule has 0 radical (unpaired) electrons. The average molecular weight is 228 g/mol. The summed E-state index contributed by atoms with van der Waals surface area (Å²) in [6, 6.07) is 0. The average Bonchev–Trinajstić information content (AvgIpc) is 1.99. The van der Waals surface area contributed by atoms with E-state index in [0.29, 0.717) is 0 Å². The summed E-state index contributed by atoms with van der Waals surface area (Å²) in [5, 5.41) is 2.84. The Kier molecular flexibility index (Phi) is 5.48. The van der Waals surface area contributed by atoms with Crippen LogP contribution < -0.4 is 5.32 Å². The van der Waals surface area contributed by atoms with Gasteiger partial charge in [-0.1, -0.05) is 13.3 Å². The minimum atomic E-state index is -0.472. The minimum absolute atomic E-state index is 0.400. The first-order valence-corrected chi connectivity index (χ1v) is 5.67. The summed E-state index contributed by atoms with van der Waals surface area (Å²) in [7, 11) is 1.70. The molecule has 0 saturated heterocycles. The summed E-state index contributed by atoms with van der Waals surface area (Å²) in [4.78, 5) is 15.6. The molecule has 0 aliphatic rings. The van der Waals surface area contributed by atoms with Gasteiger partial charge in [0, 0.05) is 13.3 Å². The molecular formula is C12H24N2O2. The van der Waals surface area contributed by atoms with E-state index in [0.717, 1.165) is 12.8 Å². The molecule has 4 heteroatoms. The zero-order chi connectivity index (χ0) is 12.8. The maximum Gasteiger partial charge on any atom is 0.408 e. The van der Waals surface area contributed by atoms with Gasteiger partial charge in [-0.25, -0.2) is 4.79 Å². The number of ether oxygens (including phenoxy) is 1. The van der Waals surface area contributed by atoms with Crippen LogP contribution >= 0.6 is 0 Å². The molecule has 0 aromatic heterocycles. The van der Waals surface area contributed by atoms with E-state index in [1.165, 1.54) is 0 Å². The lowest BCUT2D eigenvalue weighted by Gasteiger charge is -2.28. The molecule has 0 rings (SSSR count). The molecule has 1 amide bonds. The van der Waals surface area contributed by atoms with Crippen molar-refractivity contribution >= 4 is 12.3 Å². The van der Waals surface area contributed by atoms with Crippen LogP contribution in [0, 0.1) is 0 Å². The summed E-state index contributed by atoms with van der Waals surface area (Å²) in [5.74, 6) is 0. The van der Waals surface area contributed by atoms with Crippen LogP contribution in [-0.4, -0.2) is 30.5 Å². The largest absolute Gasteiger partial charge is 0.444 e. The van der Waals surface area contributed by atoms with Crippen molar-refractivity contribution in [2.24, 2.45) is 4.99 Å². The van der Waals surface area contributed by atoms with Gasteiger partial charge in [-0.15, -0.1) is 0 Å². The number of alkyl carbamates (subject to hydrolysis) is 1. The molecule has 1 unspecified atom stereocenters. The van der Waals surface area contributed by atoms with E-state index >= 15 is 0 Å². The smallest absolute Gasteiger partial charge is 0.408 e. The van der Waals surface area contributed by atoms with E-state index in [1.54, 1.807) is 13.3 Å². The Balaban J connectivity index is 4.46. The molecule has 16 heavy (non-hydrogen) atoms. The molecule has 1 N–H and O–H groups in total. The first-order valence-electron chi connectivity index (χ1n) is 5.67. The van der Waals surface area contributed by atoms with Crippen LogP contribution in [0.25, 0.3) is 0 Å². The Bertz CT molecular complexity index is 256. The Morgan fingerprint density at radius 1 is 1.38 bits per heavy atom. The van der Waals surface area contributed by atoms with Crippen molar-refractivity contribution in [3.63, 3.8) is 0 Å². The summed E-state index contributed by atoms with van der Waals surface area (Å²) >= 11 is 0. The summed E-state index contributed by atoms with van der Waals surface area (Å²) < 4.78 is 5.21. The molecule has 94 valence electrons. The first-order chi connectivity index (χ1) is 7.22. The van der Waals surface area contributed by atoms with Crippen molar-refractivity contribution < 1.29 is 9.53 Å². The second-order valence-electron chi connectivity index (χ2n) is 5.18. The van der Waals surface area contributed by atoms with Crippen LogP contribution in [0.3, 0.4) is 0 Å². The number of aliphatic imine (C=N–C) groups is 1. The van der Waals surface area contributed by atoms with Crippen molar-refractivity contribution in [1.82, 2.24) is 5.32 Å². The van der Waals surface area contributed by atoms with E-state index in [9.17, 15) is 4.79 Å². The quantitative estimate of drug-likeness (QED) is 0.752. The van der Waals surface area contributed by atoms with Gasteiger partial charge in [0.1, 0.15) is 5.60 Å². The number of carbonyl (C=O) groups excluding carboxylic acids is 1. The Morgan fingerprint density at radius 3 is 2.31 bits per heavy atom. The molecule has 1 atom stereocenters. The number of hydrogen-bond acceptors (Lipinski definition) is 3. The number of hydrogen-bond donors (Lipinski definition) is 1. The molecule has 0 spiro atoms. The lowest BCUT2D eigenvalue weighted by atomic mass is 9.98. The second-order valence-corrected chi connectivity index (χ2v) is 5.18. The summed E-state index contributed by atoms with van der Waals surface area (Å²) in [6.07, 6.45) is 3.16. The Hall–Kier alpha value is -1.06. The Labute approximate surface area is 98.5 Å². The van der Waals surface area contributed by atoms with Crippen LogP contribution in [0.15, 0.2) is 4.99 Å². The molecule has 0 aromatic rings. The predicted octanol–water partition coefficient (Wildman–Crippen LogP) is 2.77. The third-order valence-electron chi connectivity index (χ3n) is 1.97. The topological polar surface area (TPSA) is 50.7 Å². The highest BCUT2D eigenvalue weighted by atomic mass is 16.6.